The highest BCUT2D eigenvalue weighted by atomic mass is 16.4. The van der Waals surface area contributed by atoms with Gasteiger partial charge in [0.05, 0.1) is 5.69 Å². The summed E-state index contributed by atoms with van der Waals surface area (Å²) in [4.78, 5) is 27.5. The van der Waals surface area contributed by atoms with E-state index >= 15 is 0 Å². The van der Waals surface area contributed by atoms with Gasteiger partial charge in [0.25, 0.3) is 5.91 Å². The average molecular weight is 301 g/mol. The van der Waals surface area contributed by atoms with Crippen molar-refractivity contribution >= 4 is 23.5 Å². The highest BCUT2D eigenvalue weighted by Crippen LogP contribution is 2.39. The molecule has 0 saturated heterocycles. The second-order valence-electron chi connectivity index (χ2n) is 5.17. The fraction of sp³-hybridized carbons (Fsp3) is 0.286. The first-order chi connectivity index (χ1) is 10.5. The van der Waals surface area contributed by atoms with Gasteiger partial charge in [0.2, 0.25) is 0 Å². The lowest BCUT2D eigenvalue weighted by Crippen LogP contribution is -2.19. The Morgan fingerprint density at radius 2 is 2.05 bits per heavy atom. The minimum atomic E-state index is -1.24. The predicted molar refractivity (Wildman–Crippen MR) is 79.0 cm³/mol. The fourth-order valence-corrected chi connectivity index (χ4v) is 2.13. The number of hydrogen-bond acceptors (Lipinski definition) is 4. The largest absolute Gasteiger partial charge is 0.465 e. The molecule has 1 aliphatic rings. The van der Waals surface area contributed by atoms with Crippen LogP contribution in [-0.2, 0) is 7.05 Å². The van der Waals surface area contributed by atoms with Crippen LogP contribution in [0.25, 0.3) is 0 Å². The van der Waals surface area contributed by atoms with Gasteiger partial charge < -0.3 is 10.4 Å². The number of carbonyl (C=O) groups excluding carboxylic acids is 1. The maximum absolute atomic E-state index is 12.4. The minimum absolute atomic E-state index is 0.0532. The highest BCUT2D eigenvalue weighted by molar-refractivity contribution is 6.07. The molecule has 0 bridgehead atoms. The predicted octanol–water partition coefficient (Wildman–Crippen LogP) is 2.03. The van der Waals surface area contributed by atoms with Crippen LogP contribution in [0.5, 0.6) is 0 Å². The van der Waals surface area contributed by atoms with E-state index in [9.17, 15) is 9.59 Å². The smallest absolute Gasteiger partial charge is 0.409 e. The molecule has 1 fully saturated rings. The molecule has 0 spiro atoms. The van der Waals surface area contributed by atoms with E-state index in [0.717, 1.165) is 18.5 Å². The van der Waals surface area contributed by atoms with Crippen molar-refractivity contribution in [3.8, 4) is 0 Å². The summed E-state index contributed by atoms with van der Waals surface area (Å²) in [6.45, 7) is 0. The summed E-state index contributed by atoms with van der Waals surface area (Å²) in [5, 5.41) is 17.7. The molecule has 0 unspecified atom stereocenters. The summed E-state index contributed by atoms with van der Waals surface area (Å²) >= 11 is 0. The maximum Gasteiger partial charge on any atom is 0.409 e. The summed E-state index contributed by atoms with van der Waals surface area (Å²) in [7, 11) is 1.74. The van der Waals surface area contributed by atoms with Crippen molar-refractivity contribution in [2.24, 2.45) is 7.05 Å². The van der Waals surface area contributed by atoms with Crippen molar-refractivity contribution < 1.29 is 14.7 Å². The topological polar surface area (TPSA) is 109 Å². The first kappa shape index (κ1) is 14.1. The summed E-state index contributed by atoms with van der Waals surface area (Å²) in [6.07, 6.45) is 2.54. The van der Waals surface area contributed by atoms with Crippen LogP contribution in [0.15, 0.2) is 24.4 Å². The van der Waals surface area contributed by atoms with Crippen molar-refractivity contribution in [3.05, 3.63) is 35.8 Å². The molecule has 8 heteroatoms. The van der Waals surface area contributed by atoms with E-state index in [0.29, 0.717) is 11.7 Å². The minimum Gasteiger partial charge on any atom is -0.465 e. The third kappa shape index (κ3) is 3.05. The SMILES string of the molecule is Cn1ccc(NC(=O)c2nc(C3CC3)ccc2NC(=O)O)n1. The first-order valence-electron chi connectivity index (χ1n) is 6.85. The molecule has 0 atom stereocenters. The van der Waals surface area contributed by atoms with Gasteiger partial charge in [-0.05, 0) is 25.0 Å². The molecule has 114 valence electrons. The van der Waals surface area contributed by atoms with Crippen LogP contribution < -0.4 is 10.6 Å². The molecule has 1 saturated carbocycles. The number of carbonyl (C=O) groups is 2. The molecule has 0 aliphatic heterocycles. The number of rotatable bonds is 4. The molecule has 22 heavy (non-hydrogen) atoms. The lowest BCUT2D eigenvalue weighted by Gasteiger charge is -2.10. The van der Waals surface area contributed by atoms with Gasteiger partial charge in [-0.3, -0.25) is 14.8 Å². The zero-order valence-electron chi connectivity index (χ0n) is 11.9. The van der Waals surface area contributed by atoms with Gasteiger partial charge in [-0.25, -0.2) is 9.78 Å². The van der Waals surface area contributed by atoms with Gasteiger partial charge in [-0.2, -0.15) is 5.10 Å². The molecule has 2 aromatic heterocycles. The van der Waals surface area contributed by atoms with Crippen molar-refractivity contribution in [3.63, 3.8) is 0 Å². The number of nitrogens with one attached hydrogen (secondary N) is 2. The summed E-state index contributed by atoms with van der Waals surface area (Å²) in [5.41, 5.74) is 1.02. The Hall–Kier alpha value is -2.90. The molecule has 2 aromatic rings. The number of nitrogens with zero attached hydrogens (tertiary/aromatic N) is 3. The average Bonchev–Trinajstić information content (AvgIpc) is 3.22. The Morgan fingerprint density at radius 3 is 2.64 bits per heavy atom. The van der Waals surface area contributed by atoms with Crippen LogP contribution in [0.2, 0.25) is 0 Å². The molecule has 8 nitrogen and oxygen atoms in total. The van der Waals surface area contributed by atoms with Gasteiger partial charge in [0.1, 0.15) is 0 Å². The highest BCUT2D eigenvalue weighted by Gasteiger charge is 2.27. The Balaban J connectivity index is 1.89. The number of hydrogen-bond donors (Lipinski definition) is 3. The molecule has 2 heterocycles. The number of aromatic nitrogens is 3. The molecule has 1 aliphatic carbocycles. The second-order valence-corrected chi connectivity index (χ2v) is 5.17. The van der Waals surface area contributed by atoms with Crippen molar-refractivity contribution in [2.45, 2.75) is 18.8 Å². The van der Waals surface area contributed by atoms with Crippen LogP contribution in [-0.4, -0.2) is 31.9 Å². The summed E-state index contributed by atoms with van der Waals surface area (Å²) < 4.78 is 1.56. The maximum atomic E-state index is 12.4. The lowest BCUT2D eigenvalue weighted by atomic mass is 10.2. The van der Waals surface area contributed by atoms with Crippen molar-refractivity contribution in [2.75, 3.05) is 10.6 Å². The third-order valence-corrected chi connectivity index (χ3v) is 3.32. The van der Waals surface area contributed by atoms with Gasteiger partial charge >= 0.3 is 6.09 Å². The Morgan fingerprint density at radius 1 is 1.27 bits per heavy atom. The summed E-state index contributed by atoms with van der Waals surface area (Å²) in [6, 6.07) is 4.97. The number of anilines is 2. The Labute approximate surface area is 126 Å². The van der Waals surface area contributed by atoms with Gasteiger partial charge in [-0.15, -0.1) is 0 Å². The van der Waals surface area contributed by atoms with Crippen LogP contribution in [0.1, 0.15) is 34.9 Å². The zero-order chi connectivity index (χ0) is 15.7. The Bertz CT molecular complexity index is 736. The number of amides is 2. The second kappa shape index (κ2) is 5.47. The zero-order valence-corrected chi connectivity index (χ0v) is 11.9. The van der Waals surface area contributed by atoms with E-state index in [1.54, 1.807) is 36.1 Å². The molecule has 0 aromatic carbocycles. The van der Waals surface area contributed by atoms with E-state index in [4.69, 9.17) is 5.11 Å². The molecular weight excluding hydrogens is 286 g/mol. The number of carboxylic acid groups (broad SMARTS) is 1. The van der Waals surface area contributed by atoms with E-state index in [1.807, 2.05) is 0 Å². The van der Waals surface area contributed by atoms with Crippen LogP contribution in [0.4, 0.5) is 16.3 Å². The molecular formula is C14H15N5O3. The van der Waals surface area contributed by atoms with E-state index in [-0.39, 0.29) is 11.4 Å². The quantitative estimate of drug-likeness (QED) is 0.800. The molecule has 3 N–H and O–H groups in total. The van der Waals surface area contributed by atoms with Crippen molar-refractivity contribution in [1.82, 2.24) is 14.8 Å². The lowest BCUT2D eigenvalue weighted by molar-refractivity contribution is 0.102. The summed E-state index contributed by atoms with van der Waals surface area (Å²) in [5.74, 6) is 0.248. The molecule has 0 radical (unpaired) electrons. The fourth-order valence-electron chi connectivity index (χ4n) is 2.13. The third-order valence-electron chi connectivity index (χ3n) is 3.32. The first-order valence-corrected chi connectivity index (χ1v) is 6.85. The number of aryl methyl sites for hydroxylation is 1. The Kier molecular flexibility index (Phi) is 3.50. The van der Waals surface area contributed by atoms with Gasteiger partial charge in [0, 0.05) is 30.9 Å². The standard InChI is InChI=1S/C14H15N5O3/c1-19-7-6-11(18-19)17-13(20)12-10(16-14(21)22)5-4-9(15-12)8-2-3-8/h4-8,16H,2-3H2,1H3,(H,21,22)(H,17,18,20). The van der Waals surface area contributed by atoms with E-state index in [2.05, 4.69) is 20.7 Å². The van der Waals surface area contributed by atoms with Crippen LogP contribution in [0, 0.1) is 0 Å². The number of pyridine rings is 1. The van der Waals surface area contributed by atoms with Gasteiger partial charge in [0.15, 0.2) is 11.5 Å². The van der Waals surface area contributed by atoms with Gasteiger partial charge in [-0.1, -0.05) is 0 Å². The molecule has 3 rings (SSSR count). The van der Waals surface area contributed by atoms with Crippen LogP contribution in [0.3, 0.4) is 0 Å². The molecule has 2 amide bonds. The van der Waals surface area contributed by atoms with Crippen molar-refractivity contribution in [1.29, 1.82) is 0 Å². The van der Waals surface area contributed by atoms with E-state index < -0.39 is 12.0 Å². The van der Waals surface area contributed by atoms with Crippen LogP contribution >= 0.6 is 0 Å². The van der Waals surface area contributed by atoms with E-state index in [1.165, 1.54) is 0 Å². The normalized spacial score (nSPS) is 13.7. The monoisotopic (exact) mass is 301 g/mol.